The zero-order valence-electron chi connectivity index (χ0n) is 15.6. The number of nitrogens with one attached hydrogen (secondary N) is 1. The number of piperidine rings is 1. The van der Waals surface area contributed by atoms with Crippen LogP contribution in [0.15, 0.2) is 48.5 Å². The van der Waals surface area contributed by atoms with E-state index in [2.05, 4.69) is 5.32 Å². The third-order valence-electron chi connectivity index (χ3n) is 4.62. The molecule has 1 saturated heterocycles. The lowest BCUT2D eigenvalue weighted by Gasteiger charge is -2.28. The molecule has 0 atom stereocenters. The van der Waals surface area contributed by atoms with Gasteiger partial charge < -0.3 is 10.2 Å². The van der Waals surface area contributed by atoms with Gasteiger partial charge in [0.15, 0.2) is 0 Å². The third kappa shape index (κ3) is 4.62. The summed E-state index contributed by atoms with van der Waals surface area (Å²) in [6.07, 6.45) is 5.39. The Labute approximate surface area is 162 Å². The van der Waals surface area contributed by atoms with Crippen LogP contribution in [0.25, 0.3) is 6.08 Å². The van der Waals surface area contributed by atoms with E-state index in [-0.39, 0.29) is 17.5 Å². The molecule has 2 aromatic rings. The van der Waals surface area contributed by atoms with E-state index in [0.717, 1.165) is 24.1 Å². The van der Waals surface area contributed by atoms with Gasteiger partial charge in [0.25, 0.3) is 5.69 Å². The van der Waals surface area contributed by atoms with E-state index in [0.29, 0.717) is 24.2 Å². The normalized spacial score (nSPS) is 14.3. The Kier molecular flexibility index (Phi) is 5.84. The Morgan fingerprint density at radius 2 is 1.93 bits per heavy atom. The summed E-state index contributed by atoms with van der Waals surface area (Å²) >= 11 is 0. The van der Waals surface area contributed by atoms with Crippen molar-refractivity contribution in [2.24, 2.45) is 0 Å². The first kappa shape index (κ1) is 19.3. The molecule has 1 fully saturated rings. The second kappa shape index (κ2) is 8.47. The molecule has 1 aliphatic heterocycles. The van der Waals surface area contributed by atoms with Crippen LogP contribution in [0.3, 0.4) is 0 Å². The van der Waals surface area contributed by atoms with Crippen LogP contribution in [0.4, 0.5) is 17.1 Å². The Hall–Kier alpha value is -3.48. The maximum atomic E-state index is 12.2. The van der Waals surface area contributed by atoms with Crippen molar-refractivity contribution in [1.82, 2.24) is 0 Å². The average molecular weight is 379 g/mol. The van der Waals surface area contributed by atoms with Crippen LogP contribution in [0.2, 0.25) is 0 Å². The number of non-ortho nitro benzene ring substituents is 1. The van der Waals surface area contributed by atoms with Crippen molar-refractivity contribution in [1.29, 1.82) is 0 Å². The third-order valence-corrected chi connectivity index (χ3v) is 4.62. The molecule has 1 aliphatic rings. The van der Waals surface area contributed by atoms with Crippen molar-refractivity contribution >= 4 is 35.0 Å². The minimum atomic E-state index is -0.470. The first-order valence-corrected chi connectivity index (χ1v) is 9.08. The zero-order chi connectivity index (χ0) is 20.1. The van der Waals surface area contributed by atoms with Crippen LogP contribution < -0.4 is 10.2 Å². The molecule has 0 aliphatic carbocycles. The number of hydrogen-bond acceptors (Lipinski definition) is 4. The van der Waals surface area contributed by atoms with Gasteiger partial charge in [-0.15, -0.1) is 0 Å². The second-order valence-corrected chi connectivity index (χ2v) is 6.67. The number of aryl methyl sites for hydroxylation is 1. The first-order valence-electron chi connectivity index (χ1n) is 9.08. The van der Waals surface area contributed by atoms with Crippen molar-refractivity contribution in [3.63, 3.8) is 0 Å². The lowest BCUT2D eigenvalue weighted by Crippen LogP contribution is -2.35. The van der Waals surface area contributed by atoms with Gasteiger partial charge in [0.2, 0.25) is 11.8 Å². The van der Waals surface area contributed by atoms with Crippen LogP contribution in [-0.4, -0.2) is 23.3 Å². The van der Waals surface area contributed by atoms with Gasteiger partial charge in [0, 0.05) is 42.5 Å². The summed E-state index contributed by atoms with van der Waals surface area (Å²) in [5.41, 5.74) is 3.10. The van der Waals surface area contributed by atoms with E-state index in [1.807, 2.05) is 19.1 Å². The molecule has 28 heavy (non-hydrogen) atoms. The van der Waals surface area contributed by atoms with Crippen molar-refractivity contribution in [2.75, 3.05) is 16.8 Å². The lowest BCUT2D eigenvalue weighted by molar-refractivity contribution is -0.384. The number of anilines is 2. The highest BCUT2D eigenvalue weighted by molar-refractivity contribution is 6.03. The molecule has 1 N–H and O–H groups in total. The van der Waals surface area contributed by atoms with Crippen LogP contribution in [0.5, 0.6) is 0 Å². The molecule has 2 amide bonds. The smallest absolute Gasteiger partial charge is 0.269 e. The molecule has 0 saturated carbocycles. The molecule has 0 spiro atoms. The summed E-state index contributed by atoms with van der Waals surface area (Å²) in [4.78, 5) is 36.4. The fraction of sp³-hybridized carbons (Fsp3) is 0.238. The molecule has 0 unspecified atom stereocenters. The predicted octanol–water partition coefficient (Wildman–Crippen LogP) is 4.07. The first-order chi connectivity index (χ1) is 13.4. The fourth-order valence-electron chi connectivity index (χ4n) is 3.10. The summed E-state index contributed by atoms with van der Waals surface area (Å²) < 4.78 is 0. The maximum Gasteiger partial charge on any atom is 0.269 e. The van der Waals surface area contributed by atoms with E-state index in [9.17, 15) is 19.7 Å². The number of nitro groups is 1. The quantitative estimate of drug-likeness (QED) is 0.481. The van der Waals surface area contributed by atoms with Crippen LogP contribution in [0.1, 0.15) is 30.4 Å². The van der Waals surface area contributed by atoms with E-state index in [1.54, 1.807) is 29.2 Å². The second-order valence-electron chi connectivity index (χ2n) is 6.67. The van der Waals surface area contributed by atoms with Crippen molar-refractivity contribution in [2.45, 2.75) is 26.2 Å². The van der Waals surface area contributed by atoms with Gasteiger partial charge in [0.1, 0.15) is 0 Å². The van der Waals surface area contributed by atoms with Crippen LogP contribution in [0, 0.1) is 17.0 Å². The number of nitrogens with zero attached hydrogens (tertiary/aromatic N) is 2. The van der Waals surface area contributed by atoms with Crippen molar-refractivity contribution < 1.29 is 14.5 Å². The number of carbonyl (C=O) groups is 2. The fourth-order valence-corrected chi connectivity index (χ4v) is 3.10. The molecule has 7 heteroatoms. The molecule has 3 rings (SSSR count). The summed E-state index contributed by atoms with van der Waals surface area (Å²) in [5, 5.41) is 13.5. The lowest BCUT2D eigenvalue weighted by atomic mass is 10.1. The number of nitro benzene ring substituents is 1. The average Bonchev–Trinajstić information content (AvgIpc) is 2.69. The van der Waals surface area contributed by atoms with Crippen LogP contribution in [-0.2, 0) is 9.59 Å². The minimum absolute atomic E-state index is 0.000969. The van der Waals surface area contributed by atoms with E-state index in [1.165, 1.54) is 18.2 Å². The maximum absolute atomic E-state index is 12.2. The Morgan fingerprint density at radius 3 is 2.61 bits per heavy atom. The summed E-state index contributed by atoms with van der Waals surface area (Å²) in [5.74, 6) is -0.214. The highest BCUT2D eigenvalue weighted by Gasteiger charge is 2.21. The monoisotopic (exact) mass is 379 g/mol. The van der Waals surface area contributed by atoms with Crippen molar-refractivity contribution in [3.05, 3.63) is 69.8 Å². The Balaban J connectivity index is 1.69. The van der Waals surface area contributed by atoms with Gasteiger partial charge in [0.05, 0.1) is 4.92 Å². The molecule has 7 nitrogen and oxygen atoms in total. The van der Waals surface area contributed by atoms with Gasteiger partial charge in [-0.05, 0) is 61.2 Å². The number of hydrogen-bond donors (Lipinski definition) is 1. The van der Waals surface area contributed by atoms with Gasteiger partial charge in [-0.3, -0.25) is 19.7 Å². The highest BCUT2D eigenvalue weighted by Crippen LogP contribution is 2.27. The SMILES string of the molecule is Cc1ccc(NC(=O)/C=C/c2ccc([N+](=O)[O-])cc2)cc1N1CCCCC1=O. The summed E-state index contributed by atoms with van der Waals surface area (Å²) in [6.45, 7) is 2.63. The summed E-state index contributed by atoms with van der Waals surface area (Å²) in [7, 11) is 0. The standard InChI is InChI=1S/C21H21N3O4/c1-15-5-9-17(14-19(15)23-13-3-2-4-21(23)26)22-20(25)12-8-16-6-10-18(11-7-16)24(27)28/h5-12,14H,2-4,13H2,1H3,(H,22,25)/b12-8+. The van der Waals surface area contributed by atoms with E-state index < -0.39 is 4.92 Å². The molecular formula is C21H21N3O4. The Morgan fingerprint density at radius 1 is 1.18 bits per heavy atom. The number of benzene rings is 2. The van der Waals surface area contributed by atoms with E-state index in [4.69, 9.17) is 0 Å². The van der Waals surface area contributed by atoms with E-state index >= 15 is 0 Å². The van der Waals surface area contributed by atoms with Crippen molar-refractivity contribution in [3.8, 4) is 0 Å². The molecule has 0 aromatic heterocycles. The number of rotatable bonds is 5. The molecule has 2 aromatic carbocycles. The minimum Gasteiger partial charge on any atom is -0.322 e. The van der Waals surface area contributed by atoms with Gasteiger partial charge in [-0.1, -0.05) is 6.07 Å². The molecular weight excluding hydrogens is 358 g/mol. The van der Waals surface area contributed by atoms with Gasteiger partial charge in [-0.25, -0.2) is 0 Å². The van der Waals surface area contributed by atoms with Gasteiger partial charge >= 0.3 is 0 Å². The summed E-state index contributed by atoms with van der Waals surface area (Å²) in [6, 6.07) is 11.4. The van der Waals surface area contributed by atoms with Gasteiger partial charge in [-0.2, -0.15) is 0 Å². The molecule has 144 valence electrons. The highest BCUT2D eigenvalue weighted by atomic mass is 16.6. The topological polar surface area (TPSA) is 92.5 Å². The van der Waals surface area contributed by atoms with Crippen LogP contribution >= 0.6 is 0 Å². The predicted molar refractivity (Wildman–Crippen MR) is 108 cm³/mol. The Bertz CT molecular complexity index is 935. The molecule has 0 bridgehead atoms. The number of carbonyl (C=O) groups excluding carboxylic acids is 2. The largest absolute Gasteiger partial charge is 0.322 e. The molecule has 1 heterocycles. The number of amides is 2. The molecule has 0 radical (unpaired) electrons. The zero-order valence-corrected chi connectivity index (χ0v) is 15.6.